The number of rotatable bonds is 5. The van der Waals surface area contributed by atoms with Crippen LogP contribution >= 0.6 is 0 Å². The summed E-state index contributed by atoms with van der Waals surface area (Å²) in [5.74, 6) is -1.62. The first kappa shape index (κ1) is 17.7. The number of esters is 1. The van der Waals surface area contributed by atoms with Crippen molar-refractivity contribution >= 4 is 11.7 Å². The second kappa shape index (κ2) is 7.31. The van der Waals surface area contributed by atoms with Gasteiger partial charge in [-0.25, -0.2) is 4.79 Å². The van der Waals surface area contributed by atoms with Crippen LogP contribution in [0.15, 0.2) is 59.7 Å². The molecule has 0 unspecified atom stereocenters. The van der Waals surface area contributed by atoms with E-state index in [1.807, 2.05) is 6.07 Å². The first-order valence-electron chi connectivity index (χ1n) is 7.21. The number of nitriles is 1. The maximum absolute atomic E-state index is 12.4. The number of carbonyl (C=O) groups excluding carboxylic acids is 1. The first-order valence-corrected chi connectivity index (χ1v) is 7.21. The Morgan fingerprint density at radius 1 is 1.60 bits per heavy atom. The van der Waals surface area contributed by atoms with Gasteiger partial charge in [-0.05, 0) is 12.5 Å². The average molecular weight is 341 g/mol. The van der Waals surface area contributed by atoms with Crippen molar-refractivity contribution in [1.29, 1.82) is 5.26 Å². The Hall–Kier alpha value is -3.60. The first-order chi connectivity index (χ1) is 11.9. The largest absolute Gasteiger partial charge is 0.458 e. The lowest BCUT2D eigenvalue weighted by molar-refractivity contribution is -0.384. The summed E-state index contributed by atoms with van der Waals surface area (Å²) < 4.78 is 10.3. The van der Waals surface area contributed by atoms with Gasteiger partial charge in [0.2, 0.25) is 5.88 Å². The number of hydrogen-bond donors (Lipinski definition) is 1. The normalized spacial score (nSPS) is 16.7. The van der Waals surface area contributed by atoms with Crippen LogP contribution in [-0.2, 0) is 14.3 Å². The summed E-state index contributed by atoms with van der Waals surface area (Å²) in [5, 5.41) is 20.5. The highest BCUT2D eigenvalue weighted by Crippen LogP contribution is 2.40. The molecule has 2 N–H and O–H groups in total. The molecule has 0 aromatic heterocycles. The van der Waals surface area contributed by atoms with E-state index >= 15 is 0 Å². The van der Waals surface area contributed by atoms with Gasteiger partial charge in [-0.15, -0.1) is 0 Å². The van der Waals surface area contributed by atoms with E-state index in [1.165, 1.54) is 31.2 Å². The molecule has 25 heavy (non-hydrogen) atoms. The molecule has 2 rings (SSSR count). The molecule has 0 spiro atoms. The zero-order chi connectivity index (χ0) is 18.6. The molecule has 1 aliphatic heterocycles. The van der Waals surface area contributed by atoms with Crippen molar-refractivity contribution < 1.29 is 19.2 Å². The molecule has 1 atom stereocenters. The van der Waals surface area contributed by atoms with Gasteiger partial charge in [-0.2, -0.15) is 5.26 Å². The predicted molar refractivity (Wildman–Crippen MR) is 87.6 cm³/mol. The Kier molecular flexibility index (Phi) is 5.19. The second-order valence-corrected chi connectivity index (χ2v) is 5.13. The van der Waals surface area contributed by atoms with E-state index in [9.17, 15) is 20.2 Å². The maximum atomic E-state index is 12.4. The van der Waals surface area contributed by atoms with Crippen LogP contribution < -0.4 is 5.73 Å². The molecule has 0 radical (unpaired) electrons. The molecule has 0 saturated heterocycles. The number of ether oxygens (including phenoxy) is 2. The van der Waals surface area contributed by atoms with Crippen LogP contribution in [0.25, 0.3) is 0 Å². The zero-order valence-corrected chi connectivity index (χ0v) is 13.4. The molecule has 8 nitrogen and oxygen atoms in total. The van der Waals surface area contributed by atoms with Gasteiger partial charge in [0.15, 0.2) is 0 Å². The monoisotopic (exact) mass is 341 g/mol. The minimum Gasteiger partial charge on any atom is -0.458 e. The highest BCUT2D eigenvalue weighted by atomic mass is 16.6. The lowest BCUT2D eigenvalue weighted by atomic mass is 9.83. The average Bonchev–Trinajstić information content (AvgIpc) is 2.59. The second-order valence-electron chi connectivity index (χ2n) is 5.13. The van der Waals surface area contributed by atoms with Gasteiger partial charge in [0, 0.05) is 12.1 Å². The van der Waals surface area contributed by atoms with Crippen molar-refractivity contribution in [3.05, 3.63) is 75.4 Å². The summed E-state index contributed by atoms with van der Waals surface area (Å²) in [4.78, 5) is 22.9. The van der Waals surface area contributed by atoms with Crippen molar-refractivity contribution in [2.24, 2.45) is 5.73 Å². The molecule has 0 saturated carbocycles. The fraction of sp³-hybridized carbons (Fsp3) is 0.176. The van der Waals surface area contributed by atoms with E-state index in [-0.39, 0.29) is 35.1 Å². The molecule has 1 aliphatic rings. The van der Waals surface area contributed by atoms with E-state index < -0.39 is 16.8 Å². The Bertz CT molecular complexity index is 848. The Balaban J connectivity index is 2.61. The topological polar surface area (TPSA) is 128 Å². The van der Waals surface area contributed by atoms with Crippen LogP contribution in [0.5, 0.6) is 0 Å². The molecular formula is C17H15N3O5. The fourth-order valence-electron chi connectivity index (χ4n) is 2.51. The molecule has 0 fully saturated rings. The van der Waals surface area contributed by atoms with E-state index in [0.29, 0.717) is 5.56 Å². The van der Waals surface area contributed by atoms with Gasteiger partial charge in [0.05, 0.1) is 16.4 Å². The van der Waals surface area contributed by atoms with Crippen LogP contribution in [0.1, 0.15) is 18.4 Å². The number of nitrogens with zero attached hydrogens (tertiary/aromatic N) is 2. The van der Waals surface area contributed by atoms with Crippen molar-refractivity contribution in [2.75, 3.05) is 6.61 Å². The Morgan fingerprint density at radius 3 is 2.92 bits per heavy atom. The SMILES string of the molecule is C=CCOC(=O)C1=C(C)OC(N)=C(C#N)[C@H]1c1cccc([N+](=O)[O-])c1. The van der Waals surface area contributed by atoms with Crippen LogP contribution in [-0.4, -0.2) is 17.5 Å². The summed E-state index contributed by atoms with van der Waals surface area (Å²) in [6.45, 7) is 4.95. The molecular weight excluding hydrogens is 326 g/mol. The number of hydrogen-bond acceptors (Lipinski definition) is 7. The minimum atomic E-state index is -0.920. The Morgan fingerprint density at radius 2 is 2.32 bits per heavy atom. The number of carbonyl (C=O) groups is 1. The summed E-state index contributed by atoms with van der Waals surface area (Å²) in [6, 6.07) is 7.55. The van der Waals surface area contributed by atoms with Gasteiger partial charge in [0.1, 0.15) is 24.0 Å². The zero-order valence-electron chi connectivity index (χ0n) is 13.4. The van der Waals surface area contributed by atoms with Gasteiger partial charge in [-0.3, -0.25) is 10.1 Å². The van der Waals surface area contributed by atoms with Crippen molar-refractivity contribution in [2.45, 2.75) is 12.8 Å². The number of benzene rings is 1. The molecule has 8 heteroatoms. The lowest BCUT2D eigenvalue weighted by Crippen LogP contribution is -2.25. The van der Waals surface area contributed by atoms with Crippen molar-refractivity contribution in [1.82, 2.24) is 0 Å². The van der Waals surface area contributed by atoms with E-state index in [1.54, 1.807) is 6.07 Å². The van der Waals surface area contributed by atoms with Crippen LogP contribution in [0.4, 0.5) is 5.69 Å². The molecule has 1 aromatic rings. The van der Waals surface area contributed by atoms with E-state index in [0.717, 1.165) is 0 Å². The highest BCUT2D eigenvalue weighted by molar-refractivity contribution is 5.92. The number of nitrogens with two attached hydrogens (primary N) is 1. The number of allylic oxidation sites excluding steroid dienone is 2. The molecule has 128 valence electrons. The third-order valence-electron chi connectivity index (χ3n) is 3.57. The van der Waals surface area contributed by atoms with Gasteiger partial charge < -0.3 is 15.2 Å². The molecule has 0 bridgehead atoms. The third kappa shape index (κ3) is 3.50. The van der Waals surface area contributed by atoms with Crippen molar-refractivity contribution in [3.8, 4) is 6.07 Å². The summed E-state index contributed by atoms with van der Waals surface area (Å²) in [7, 11) is 0. The number of nitro groups is 1. The van der Waals surface area contributed by atoms with Gasteiger partial charge >= 0.3 is 5.97 Å². The molecule has 0 aliphatic carbocycles. The highest BCUT2D eigenvalue weighted by Gasteiger charge is 2.36. The third-order valence-corrected chi connectivity index (χ3v) is 3.57. The number of nitro benzene ring substituents is 1. The summed E-state index contributed by atoms with van der Waals surface area (Å²) in [5.41, 5.74) is 6.01. The lowest BCUT2D eigenvalue weighted by Gasteiger charge is -2.26. The predicted octanol–water partition coefficient (Wildman–Crippen LogP) is 2.41. The van der Waals surface area contributed by atoms with Crippen LogP contribution in [0, 0.1) is 21.4 Å². The van der Waals surface area contributed by atoms with Crippen LogP contribution in [0.2, 0.25) is 0 Å². The summed E-state index contributed by atoms with van der Waals surface area (Å²) in [6.07, 6.45) is 1.40. The smallest absolute Gasteiger partial charge is 0.338 e. The summed E-state index contributed by atoms with van der Waals surface area (Å²) >= 11 is 0. The molecule has 0 amide bonds. The fourth-order valence-corrected chi connectivity index (χ4v) is 2.51. The van der Waals surface area contributed by atoms with E-state index in [2.05, 4.69) is 6.58 Å². The molecule has 1 aromatic carbocycles. The maximum Gasteiger partial charge on any atom is 0.338 e. The van der Waals surface area contributed by atoms with Crippen LogP contribution in [0.3, 0.4) is 0 Å². The minimum absolute atomic E-state index is 0.0170. The number of non-ortho nitro benzene ring substituents is 1. The molecule has 1 heterocycles. The van der Waals surface area contributed by atoms with Crippen molar-refractivity contribution in [3.63, 3.8) is 0 Å². The van der Waals surface area contributed by atoms with Gasteiger partial charge in [-0.1, -0.05) is 24.8 Å². The standard InChI is InChI=1S/C17H15N3O5/c1-3-7-24-17(21)14-10(2)25-16(19)13(9-18)15(14)11-5-4-6-12(8-11)20(22)23/h3-6,8,15H,1,7,19H2,2H3/t15-/m1/s1. The van der Waals surface area contributed by atoms with Gasteiger partial charge in [0.25, 0.3) is 5.69 Å². The quantitative estimate of drug-likeness (QED) is 0.377. The Labute approximate surface area is 143 Å². The van der Waals surface area contributed by atoms with E-state index in [4.69, 9.17) is 15.2 Å².